The van der Waals surface area contributed by atoms with E-state index in [1.54, 1.807) is 14.2 Å². The number of likely N-dealkylation sites (N-methyl/N-ethyl adjacent to an activating group) is 1. The van der Waals surface area contributed by atoms with Gasteiger partial charge in [0.15, 0.2) is 0 Å². The third-order valence-electron chi connectivity index (χ3n) is 4.04. The molecule has 1 aromatic rings. The Labute approximate surface area is 121 Å². The lowest BCUT2D eigenvalue weighted by molar-refractivity contribution is 0.0939. The van der Waals surface area contributed by atoms with Gasteiger partial charge in [0.2, 0.25) is 0 Å². The quantitative estimate of drug-likeness (QED) is 0.899. The molecule has 0 bridgehead atoms. The zero-order chi connectivity index (χ0) is 14.5. The lowest BCUT2D eigenvalue weighted by Crippen LogP contribution is -2.45. The van der Waals surface area contributed by atoms with Crippen LogP contribution in [-0.4, -0.2) is 33.4 Å². The van der Waals surface area contributed by atoms with Gasteiger partial charge in [0, 0.05) is 24.2 Å². The normalized spacial score (nSPS) is 26.1. The van der Waals surface area contributed by atoms with Crippen molar-refractivity contribution >= 4 is 0 Å². The highest BCUT2D eigenvalue weighted by molar-refractivity contribution is 5.42. The summed E-state index contributed by atoms with van der Waals surface area (Å²) in [6.07, 6.45) is 3.68. The second-order valence-corrected chi connectivity index (χ2v) is 5.52. The number of hydrogen-bond acceptors (Lipinski definition) is 4. The van der Waals surface area contributed by atoms with Crippen molar-refractivity contribution in [3.63, 3.8) is 0 Å². The first kappa shape index (κ1) is 15.0. The van der Waals surface area contributed by atoms with E-state index in [9.17, 15) is 0 Å². The smallest absolute Gasteiger partial charge is 0.127 e. The summed E-state index contributed by atoms with van der Waals surface area (Å²) < 4.78 is 16.8. The van der Waals surface area contributed by atoms with Crippen molar-refractivity contribution in [2.45, 2.75) is 38.3 Å². The number of ether oxygens (including phenoxy) is 3. The van der Waals surface area contributed by atoms with E-state index < -0.39 is 0 Å². The fraction of sp³-hybridized carbons (Fsp3) is 0.625. The second-order valence-electron chi connectivity index (χ2n) is 5.52. The molecule has 1 saturated carbocycles. The predicted octanol–water partition coefficient (Wildman–Crippen LogP) is 2.86. The van der Waals surface area contributed by atoms with E-state index in [0.717, 1.165) is 30.1 Å². The molecule has 1 aliphatic rings. The first-order valence-electron chi connectivity index (χ1n) is 7.23. The van der Waals surface area contributed by atoms with Gasteiger partial charge < -0.3 is 19.5 Å². The van der Waals surface area contributed by atoms with E-state index in [2.05, 4.69) is 12.2 Å². The summed E-state index contributed by atoms with van der Waals surface area (Å²) in [7, 11) is 5.30. The maximum Gasteiger partial charge on any atom is 0.127 e. The highest BCUT2D eigenvalue weighted by Gasteiger charge is 2.29. The largest absolute Gasteiger partial charge is 0.496 e. The number of hydrogen-bond donors (Lipinski definition) is 1. The molecular formula is C16H25NO3. The second kappa shape index (κ2) is 6.84. The first-order chi connectivity index (χ1) is 9.66. The maximum absolute atomic E-state index is 6.19. The van der Waals surface area contributed by atoms with Crippen LogP contribution >= 0.6 is 0 Å². The molecule has 1 fully saturated rings. The minimum atomic E-state index is 0.195. The number of nitrogens with one attached hydrogen (secondary N) is 1. The van der Waals surface area contributed by atoms with Crippen LogP contribution in [0.3, 0.4) is 0 Å². The third kappa shape index (κ3) is 3.57. The van der Waals surface area contributed by atoms with Gasteiger partial charge >= 0.3 is 0 Å². The Morgan fingerprint density at radius 1 is 1.00 bits per heavy atom. The first-order valence-corrected chi connectivity index (χ1v) is 7.23. The minimum Gasteiger partial charge on any atom is -0.496 e. The van der Waals surface area contributed by atoms with Crippen LogP contribution in [0.4, 0.5) is 0 Å². The van der Waals surface area contributed by atoms with E-state index in [0.29, 0.717) is 12.0 Å². The van der Waals surface area contributed by atoms with Crippen molar-refractivity contribution in [3.05, 3.63) is 18.2 Å². The van der Waals surface area contributed by atoms with Gasteiger partial charge in [-0.05, 0) is 32.2 Å². The zero-order valence-corrected chi connectivity index (χ0v) is 12.8. The van der Waals surface area contributed by atoms with Crippen molar-refractivity contribution in [2.75, 3.05) is 21.3 Å². The van der Waals surface area contributed by atoms with Gasteiger partial charge in [-0.25, -0.2) is 0 Å². The van der Waals surface area contributed by atoms with E-state index in [-0.39, 0.29) is 6.10 Å². The molecule has 0 aliphatic heterocycles. The van der Waals surface area contributed by atoms with E-state index >= 15 is 0 Å². The molecular weight excluding hydrogens is 254 g/mol. The number of rotatable bonds is 5. The van der Waals surface area contributed by atoms with E-state index in [4.69, 9.17) is 14.2 Å². The average molecular weight is 279 g/mol. The molecule has 3 unspecified atom stereocenters. The van der Waals surface area contributed by atoms with Crippen molar-refractivity contribution in [1.82, 2.24) is 5.32 Å². The van der Waals surface area contributed by atoms with Gasteiger partial charge in [-0.1, -0.05) is 6.92 Å². The van der Waals surface area contributed by atoms with Gasteiger partial charge in [-0.2, -0.15) is 0 Å². The van der Waals surface area contributed by atoms with Crippen LogP contribution in [0, 0.1) is 5.92 Å². The predicted molar refractivity (Wildman–Crippen MR) is 79.8 cm³/mol. The van der Waals surface area contributed by atoms with Gasteiger partial charge in [0.05, 0.1) is 14.2 Å². The summed E-state index contributed by atoms with van der Waals surface area (Å²) in [4.78, 5) is 0. The van der Waals surface area contributed by atoms with Crippen LogP contribution in [0.15, 0.2) is 18.2 Å². The van der Waals surface area contributed by atoms with Crippen molar-refractivity contribution < 1.29 is 14.2 Å². The van der Waals surface area contributed by atoms with Crippen molar-refractivity contribution in [2.24, 2.45) is 5.92 Å². The van der Waals surface area contributed by atoms with Gasteiger partial charge in [0.1, 0.15) is 23.4 Å². The highest BCUT2D eigenvalue weighted by atomic mass is 16.5. The van der Waals surface area contributed by atoms with E-state index in [1.165, 1.54) is 6.42 Å². The van der Waals surface area contributed by atoms with Crippen LogP contribution < -0.4 is 19.5 Å². The Kier molecular flexibility index (Phi) is 5.12. The molecule has 0 amide bonds. The molecule has 3 atom stereocenters. The highest BCUT2D eigenvalue weighted by Crippen LogP contribution is 2.32. The summed E-state index contributed by atoms with van der Waals surface area (Å²) in [6, 6.07) is 6.08. The molecule has 2 rings (SSSR count). The fourth-order valence-corrected chi connectivity index (χ4v) is 2.81. The van der Waals surface area contributed by atoms with Crippen LogP contribution in [0.5, 0.6) is 17.2 Å². The van der Waals surface area contributed by atoms with Crippen LogP contribution in [0.2, 0.25) is 0 Å². The summed E-state index contributed by atoms with van der Waals surface area (Å²) in [5, 5.41) is 3.36. The molecule has 0 radical (unpaired) electrons. The Bertz CT molecular complexity index is 413. The van der Waals surface area contributed by atoms with Crippen LogP contribution in [0.1, 0.15) is 26.2 Å². The minimum absolute atomic E-state index is 0.195. The molecule has 112 valence electrons. The maximum atomic E-state index is 6.19. The number of benzene rings is 1. The Balaban J connectivity index is 2.14. The lowest BCUT2D eigenvalue weighted by atomic mass is 9.85. The molecule has 0 spiro atoms. The Morgan fingerprint density at radius 3 is 2.15 bits per heavy atom. The topological polar surface area (TPSA) is 39.7 Å². The molecule has 4 heteroatoms. The molecule has 0 heterocycles. The molecule has 0 aromatic heterocycles. The van der Waals surface area contributed by atoms with Crippen LogP contribution in [-0.2, 0) is 0 Å². The zero-order valence-electron chi connectivity index (χ0n) is 12.8. The molecule has 0 saturated heterocycles. The molecule has 1 N–H and O–H groups in total. The van der Waals surface area contributed by atoms with Crippen LogP contribution in [0.25, 0.3) is 0 Å². The van der Waals surface area contributed by atoms with Crippen molar-refractivity contribution in [3.8, 4) is 17.2 Å². The SMILES string of the molecule is CNC1CCC(C)CC1Oc1cc(OC)cc(OC)c1. The average Bonchev–Trinajstić information content (AvgIpc) is 2.47. The third-order valence-corrected chi connectivity index (χ3v) is 4.04. The van der Waals surface area contributed by atoms with E-state index in [1.807, 2.05) is 25.2 Å². The standard InChI is InChI=1S/C16H25NO3/c1-11-5-6-15(17-2)16(7-11)20-14-9-12(18-3)8-13(10-14)19-4/h8-11,15-17H,5-7H2,1-4H3. The fourth-order valence-electron chi connectivity index (χ4n) is 2.81. The Morgan fingerprint density at radius 2 is 1.60 bits per heavy atom. The monoisotopic (exact) mass is 279 g/mol. The molecule has 20 heavy (non-hydrogen) atoms. The number of methoxy groups -OCH3 is 2. The summed E-state index contributed by atoms with van der Waals surface area (Å²) >= 11 is 0. The summed E-state index contributed by atoms with van der Waals surface area (Å²) in [5.41, 5.74) is 0. The molecule has 4 nitrogen and oxygen atoms in total. The van der Waals surface area contributed by atoms with Crippen molar-refractivity contribution in [1.29, 1.82) is 0 Å². The summed E-state index contributed by atoms with van der Waals surface area (Å²) in [6.45, 7) is 2.29. The lowest BCUT2D eigenvalue weighted by Gasteiger charge is -2.34. The molecule has 1 aromatic carbocycles. The van der Waals surface area contributed by atoms with Gasteiger partial charge in [0.25, 0.3) is 0 Å². The van der Waals surface area contributed by atoms with Gasteiger partial charge in [-0.15, -0.1) is 0 Å². The Hall–Kier alpha value is -1.42. The molecule has 1 aliphatic carbocycles. The summed E-state index contributed by atoms with van der Waals surface area (Å²) in [5.74, 6) is 3.02. The van der Waals surface area contributed by atoms with Gasteiger partial charge in [-0.3, -0.25) is 0 Å².